The van der Waals surface area contributed by atoms with Crippen LogP contribution in [0.1, 0.15) is 11.6 Å². The van der Waals surface area contributed by atoms with E-state index in [2.05, 4.69) is 16.7 Å². The number of pyridine rings is 1. The predicted octanol–water partition coefficient (Wildman–Crippen LogP) is 3.98. The van der Waals surface area contributed by atoms with Crippen LogP contribution in [0.25, 0.3) is 22.3 Å². The molecule has 3 heterocycles. The number of nitrogens with zero attached hydrogens (tertiary/aromatic N) is 4. The van der Waals surface area contributed by atoms with Gasteiger partial charge in [-0.1, -0.05) is 18.7 Å². The number of alkyl halides is 3. The summed E-state index contributed by atoms with van der Waals surface area (Å²) in [6.45, 7) is 3.53. The zero-order valence-electron chi connectivity index (χ0n) is 14.4. The van der Waals surface area contributed by atoms with Crippen LogP contribution < -0.4 is 0 Å². The van der Waals surface area contributed by atoms with Crippen LogP contribution in [0, 0.1) is 0 Å². The number of amides is 1. The van der Waals surface area contributed by atoms with Gasteiger partial charge in [-0.15, -0.1) is 0 Å². The van der Waals surface area contributed by atoms with E-state index in [-0.39, 0.29) is 19.1 Å². The number of likely N-dealkylation sites (tertiary alicyclic amines) is 1. The molecular formula is C19H14F4N4O. The molecule has 1 fully saturated rings. The first-order valence-electron chi connectivity index (χ1n) is 8.40. The molecule has 1 aliphatic rings. The molecule has 0 atom stereocenters. The van der Waals surface area contributed by atoms with Gasteiger partial charge in [0.1, 0.15) is 11.2 Å². The second-order valence-corrected chi connectivity index (χ2v) is 6.51. The smallest absolute Gasteiger partial charge is 0.332 e. The van der Waals surface area contributed by atoms with Crippen molar-refractivity contribution in [2.24, 2.45) is 0 Å². The lowest BCUT2D eigenvalue weighted by Gasteiger charge is -2.38. The Kier molecular flexibility index (Phi) is 4.17. The van der Waals surface area contributed by atoms with Gasteiger partial charge in [0.05, 0.1) is 17.1 Å². The Morgan fingerprint density at radius 2 is 1.82 bits per heavy atom. The largest absolute Gasteiger partial charge is 0.416 e. The number of carbonyl (C=O) groups is 1. The molecule has 5 nitrogen and oxygen atoms in total. The Balaban J connectivity index is 1.68. The number of fused-ring (bicyclic) bond motifs is 1. The van der Waals surface area contributed by atoms with Crippen molar-refractivity contribution in [3.8, 4) is 11.3 Å². The molecule has 0 bridgehead atoms. The van der Waals surface area contributed by atoms with Crippen LogP contribution in [0.2, 0.25) is 0 Å². The van der Waals surface area contributed by atoms with Crippen LogP contribution in [0.3, 0.4) is 0 Å². The second kappa shape index (κ2) is 6.43. The Morgan fingerprint density at radius 1 is 1.14 bits per heavy atom. The highest BCUT2D eigenvalue weighted by Gasteiger charge is 2.35. The van der Waals surface area contributed by atoms with Gasteiger partial charge in [0, 0.05) is 24.8 Å². The van der Waals surface area contributed by atoms with Crippen molar-refractivity contribution in [1.82, 2.24) is 19.7 Å². The first kappa shape index (κ1) is 18.1. The van der Waals surface area contributed by atoms with Crippen molar-refractivity contribution < 1.29 is 22.4 Å². The van der Waals surface area contributed by atoms with Crippen LogP contribution in [-0.2, 0) is 11.0 Å². The highest BCUT2D eigenvalue weighted by molar-refractivity contribution is 5.92. The van der Waals surface area contributed by atoms with Crippen LogP contribution in [0.4, 0.5) is 17.6 Å². The number of hydrogen-bond acceptors (Lipinski definition) is 3. The molecule has 0 radical (unpaired) electrons. The number of rotatable bonds is 3. The summed E-state index contributed by atoms with van der Waals surface area (Å²) in [6, 6.07) is 8.04. The Bertz CT molecular complexity index is 1070. The number of aromatic nitrogens is 3. The van der Waals surface area contributed by atoms with Gasteiger partial charge >= 0.3 is 6.18 Å². The molecule has 28 heavy (non-hydrogen) atoms. The molecule has 1 aromatic carbocycles. The van der Waals surface area contributed by atoms with Crippen LogP contribution in [0.15, 0.2) is 55.0 Å². The Labute approximate surface area is 156 Å². The minimum Gasteiger partial charge on any atom is -0.332 e. The van der Waals surface area contributed by atoms with E-state index < -0.39 is 23.5 Å². The molecule has 9 heteroatoms. The summed E-state index contributed by atoms with van der Waals surface area (Å²) < 4.78 is 53.1. The van der Waals surface area contributed by atoms with E-state index in [0.717, 1.165) is 12.1 Å². The zero-order valence-corrected chi connectivity index (χ0v) is 14.4. The van der Waals surface area contributed by atoms with Gasteiger partial charge in [0.25, 0.3) is 5.91 Å². The topological polar surface area (TPSA) is 51.0 Å². The van der Waals surface area contributed by atoms with Crippen LogP contribution in [0.5, 0.6) is 0 Å². The van der Waals surface area contributed by atoms with Crippen LogP contribution in [-0.4, -0.2) is 38.7 Å². The average molecular weight is 390 g/mol. The van der Waals surface area contributed by atoms with Crippen molar-refractivity contribution in [3.05, 3.63) is 60.6 Å². The molecule has 1 aliphatic heterocycles. The van der Waals surface area contributed by atoms with E-state index >= 15 is 0 Å². The molecule has 0 aliphatic carbocycles. The fraction of sp³-hybridized carbons (Fsp3) is 0.211. The highest BCUT2D eigenvalue weighted by atomic mass is 19.4. The third-order valence-corrected chi connectivity index (χ3v) is 4.68. The van der Waals surface area contributed by atoms with Crippen molar-refractivity contribution in [2.45, 2.75) is 12.2 Å². The summed E-state index contributed by atoms with van der Waals surface area (Å²) in [7, 11) is 0. The molecule has 4 rings (SSSR count). The SMILES string of the molecule is C=C(F)C(=O)N1CC(n2nc(-c3ccc(C(F)(F)F)cc3)c3ncccc32)C1. The standard InChI is InChI=1S/C19H14F4N4O/c1-11(20)18(28)26-9-14(10-26)27-15-3-2-8-24-17(15)16(25-27)12-4-6-13(7-5-12)19(21,22)23/h2-8,14H,1,9-10H2. The van der Waals surface area contributed by atoms with E-state index in [1.165, 1.54) is 17.0 Å². The van der Waals surface area contributed by atoms with Gasteiger partial charge < -0.3 is 4.90 Å². The molecule has 1 saturated heterocycles. The molecule has 1 amide bonds. The summed E-state index contributed by atoms with van der Waals surface area (Å²) in [5.74, 6) is -1.77. The van der Waals surface area contributed by atoms with Gasteiger partial charge in [-0.3, -0.25) is 14.5 Å². The third-order valence-electron chi connectivity index (χ3n) is 4.68. The Morgan fingerprint density at radius 3 is 2.43 bits per heavy atom. The molecule has 3 aromatic rings. The maximum absolute atomic E-state index is 13.0. The van der Waals surface area contributed by atoms with Gasteiger partial charge in [-0.2, -0.15) is 18.3 Å². The maximum atomic E-state index is 13.0. The number of benzene rings is 1. The lowest BCUT2D eigenvalue weighted by atomic mass is 10.1. The fourth-order valence-corrected chi connectivity index (χ4v) is 3.21. The lowest BCUT2D eigenvalue weighted by molar-refractivity contribution is -0.137. The number of halogens is 4. The number of carbonyl (C=O) groups excluding carboxylic acids is 1. The second-order valence-electron chi connectivity index (χ2n) is 6.51. The van der Waals surface area contributed by atoms with Gasteiger partial charge in [-0.25, -0.2) is 4.39 Å². The van der Waals surface area contributed by atoms with E-state index in [1.54, 1.807) is 23.0 Å². The quantitative estimate of drug-likeness (QED) is 0.502. The molecule has 0 spiro atoms. The lowest BCUT2D eigenvalue weighted by Crippen LogP contribution is -2.51. The molecule has 0 unspecified atom stereocenters. The molecule has 2 aromatic heterocycles. The van der Waals surface area contributed by atoms with Crippen molar-refractivity contribution in [3.63, 3.8) is 0 Å². The Hall–Kier alpha value is -3.23. The summed E-state index contributed by atoms with van der Waals surface area (Å²) >= 11 is 0. The van der Waals surface area contributed by atoms with Gasteiger partial charge in [0.2, 0.25) is 0 Å². The molecule has 0 saturated carbocycles. The first-order chi connectivity index (χ1) is 13.3. The number of hydrogen-bond donors (Lipinski definition) is 0. The summed E-state index contributed by atoms with van der Waals surface area (Å²) in [5.41, 5.74) is 1.44. The van der Waals surface area contributed by atoms with E-state index in [1.807, 2.05) is 0 Å². The van der Waals surface area contributed by atoms with Crippen molar-refractivity contribution in [2.75, 3.05) is 13.1 Å². The summed E-state index contributed by atoms with van der Waals surface area (Å²) in [4.78, 5) is 17.2. The van der Waals surface area contributed by atoms with Crippen LogP contribution >= 0.6 is 0 Å². The van der Waals surface area contributed by atoms with Crippen molar-refractivity contribution >= 4 is 16.9 Å². The normalized spacial score (nSPS) is 14.9. The summed E-state index contributed by atoms with van der Waals surface area (Å²) in [6.07, 6.45) is -2.84. The average Bonchev–Trinajstić information content (AvgIpc) is 2.99. The maximum Gasteiger partial charge on any atom is 0.416 e. The van der Waals surface area contributed by atoms with Crippen molar-refractivity contribution in [1.29, 1.82) is 0 Å². The molecular weight excluding hydrogens is 376 g/mol. The summed E-state index contributed by atoms with van der Waals surface area (Å²) in [5, 5.41) is 4.53. The molecule has 144 valence electrons. The van der Waals surface area contributed by atoms with Gasteiger partial charge in [-0.05, 0) is 24.3 Å². The fourth-order valence-electron chi connectivity index (χ4n) is 3.21. The van der Waals surface area contributed by atoms with Gasteiger partial charge in [0.15, 0.2) is 5.83 Å². The minimum atomic E-state index is -4.42. The predicted molar refractivity (Wildman–Crippen MR) is 93.8 cm³/mol. The van der Waals surface area contributed by atoms with E-state index in [4.69, 9.17) is 0 Å². The highest BCUT2D eigenvalue weighted by Crippen LogP contribution is 2.34. The monoisotopic (exact) mass is 390 g/mol. The van der Waals surface area contributed by atoms with E-state index in [9.17, 15) is 22.4 Å². The minimum absolute atomic E-state index is 0.182. The zero-order chi connectivity index (χ0) is 20.1. The van der Waals surface area contributed by atoms with E-state index in [0.29, 0.717) is 22.3 Å². The first-order valence-corrected chi connectivity index (χ1v) is 8.40. The third kappa shape index (κ3) is 3.02. The molecule has 0 N–H and O–H groups in total.